The van der Waals surface area contributed by atoms with E-state index in [-0.39, 0.29) is 29.0 Å². The molecule has 1 aliphatic carbocycles. The number of aromatic nitrogens is 2. The third-order valence-corrected chi connectivity index (χ3v) is 7.07. The molecular weight excluding hydrogens is 435 g/mol. The summed E-state index contributed by atoms with van der Waals surface area (Å²) in [6.45, 7) is 0.753. The lowest BCUT2D eigenvalue weighted by Gasteiger charge is -2.29. The number of nitrogens with one attached hydrogen (secondary N) is 1. The van der Waals surface area contributed by atoms with Crippen molar-refractivity contribution in [3.8, 4) is 0 Å². The van der Waals surface area contributed by atoms with Crippen LogP contribution in [0.1, 0.15) is 42.1 Å². The highest BCUT2D eigenvalue weighted by atomic mass is 32.2. The smallest absolute Gasteiger partial charge is 0.365 e. The van der Waals surface area contributed by atoms with E-state index in [1.54, 1.807) is 10.9 Å². The molecule has 1 aromatic heterocycles. The number of amides is 1. The predicted molar refractivity (Wildman–Crippen MR) is 107 cm³/mol. The van der Waals surface area contributed by atoms with Gasteiger partial charge in [-0.05, 0) is 37.1 Å². The molecule has 2 aliphatic rings. The number of nitrogens with two attached hydrogens (primary N) is 1. The van der Waals surface area contributed by atoms with Crippen molar-refractivity contribution >= 4 is 33.0 Å². The van der Waals surface area contributed by atoms with Crippen molar-refractivity contribution in [1.82, 2.24) is 9.78 Å². The molecule has 12 heteroatoms. The van der Waals surface area contributed by atoms with E-state index in [1.807, 2.05) is 0 Å². The van der Waals surface area contributed by atoms with E-state index in [9.17, 15) is 26.4 Å². The van der Waals surface area contributed by atoms with Gasteiger partial charge in [0.05, 0.1) is 17.5 Å². The fourth-order valence-electron chi connectivity index (χ4n) is 3.92. The molecule has 0 bridgehead atoms. The molecule has 31 heavy (non-hydrogen) atoms. The molecule has 2 heterocycles. The zero-order valence-corrected chi connectivity index (χ0v) is 17.1. The van der Waals surface area contributed by atoms with E-state index in [2.05, 4.69) is 15.4 Å². The summed E-state index contributed by atoms with van der Waals surface area (Å²) in [7, 11) is -5.44. The summed E-state index contributed by atoms with van der Waals surface area (Å²) in [5.74, 6) is -0.295. The van der Waals surface area contributed by atoms with Crippen LogP contribution in [0.4, 0.5) is 24.7 Å². The minimum absolute atomic E-state index is 0.0444. The molecule has 0 spiro atoms. The molecule has 1 aromatic carbocycles. The highest BCUT2D eigenvalue weighted by molar-refractivity contribution is 7.92. The minimum Gasteiger partial charge on any atom is -0.365 e. The van der Waals surface area contributed by atoms with Gasteiger partial charge in [-0.2, -0.15) is 18.3 Å². The van der Waals surface area contributed by atoms with Gasteiger partial charge in [-0.15, -0.1) is 0 Å². The van der Waals surface area contributed by atoms with Crippen LogP contribution in [0.25, 0.3) is 0 Å². The average Bonchev–Trinajstić information content (AvgIpc) is 3.47. The number of alkyl halides is 3. The first-order chi connectivity index (χ1) is 14.6. The summed E-state index contributed by atoms with van der Waals surface area (Å²) in [6, 6.07) is 4.07. The van der Waals surface area contributed by atoms with Crippen molar-refractivity contribution in [3.05, 3.63) is 36.0 Å². The van der Waals surface area contributed by atoms with E-state index < -0.39 is 26.1 Å². The van der Waals surface area contributed by atoms with Crippen molar-refractivity contribution in [2.75, 3.05) is 11.9 Å². The Morgan fingerprint density at radius 1 is 1.16 bits per heavy atom. The molecule has 8 nitrogen and oxygen atoms in total. The van der Waals surface area contributed by atoms with Gasteiger partial charge in [0.1, 0.15) is 5.56 Å². The first kappa shape index (κ1) is 21.3. The molecule has 166 valence electrons. The monoisotopic (exact) mass is 455 g/mol. The van der Waals surface area contributed by atoms with Crippen molar-refractivity contribution in [1.29, 1.82) is 0 Å². The largest absolute Gasteiger partial charge is 0.501 e. The quantitative estimate of drug-likeness (QED) is 0.693. The van der Waals surface area contributed by atoms with E-state index in [1.165, 1.54) is 12.1 Å². The Balaban J connectivity index is 1.60. The summed E-state index contributed by atoms with van der Waals surface area (Å²) in [5.41, 5.74) is 1.65. The lowest BCUT2D eigenvalue weighted by molar-refractivity contribution is -0.0436. The molecule has 4 rings (SSSR count). The number of aliphatic imine (C=N–C) groups is 1. The molecular formula is C19H20F3N5O3S. The SMILES string of the molecule is NC(=O)c1cn(C2CCCCC2C2=NC2)nc1Nc1ccc(S(=O)(=O)C(F)(F)F)cc1. The molecule has 1 aliphatic heterocycles. The number of hydrogen-bond acceptors (Lipinski definition) is 6. The van der Waals surface area contributed by atoms with Crippen LogP contribution in [-0.4, -0.2) is 41.9 Å². The summed E-state index contributed by atoms with van der Waals surface area (Å²) >= 11 is 0. The van der Waals surface area contributed by atoms with Crippen LogP contribution >= 0.6 is 0 Å². The third-order valence-electron chi connectivity index (χ3n) is 5.57. The van der Waals surface area contributed by atoms with Gasteiger partial charge in [0.15, 0.2) is 5.82 Å². The van der Waals surface area contributed by atoms with Crippen molar-refractivity contribution < 1.29 is 26.4 Å². The van der Waals surface area contributed by atoms with Gasteiger partial charge in [-0.1, -0.05) is 12.8 Å². The highest BCUT2D eigenvalue weighted by Gasteiger charge is 2.46. The topological polar surface area (TPSA) is 119 Å². The van der Waals surface area contributed by atoms with Crippen LogP contribution in [0.2, 0.25) is 0 Å². The number of carbonyl (C=O) groups excluding carboxylic acids is 1. The molecule has 0 radical (unpaired) electrons. The maximum atomic E-state index is 12.7. The first-order valence-electron chi connectivity index (χ1n) is 9.68. The van der Waals surface area contributed by atoms with E-state index in [0.29, 0.717) is 0 Å². The summed E-state index contributed by atoms with van der Waals surface area (Å²) in [5, 5.41) is 7.32. The van der Waals surface area contributed by atoms with Gasteiger partial charge in [-0.3, -0.25) is 14.5 Å². The van der Waals surface area contributed by atoms with Crippen LogP contribution in [0, 0.1) is 5.92 Å². The second kappa shape index (κ2) is 7.66. The van der Waals surface area contributed by atoms with E-state index in [0.717, 1.165) is 50.1 Å². The van der Waals surface area contributed by atoms with Crippen molar-refractivity contribution in [2.45, 2.75) is 42.1 Å². The molecule has 2 unspecified atom stereocenters. The zero-order valence-electron chi connectivity index (χ0n) is 16.3. The van der Waals surface area contributed by atoms with Crippen LogP contribution in [-0.2, 0) is 9.84 Å². The Hall–Kier alpha value is -2.89. The van der Waals surface area contributed by atoms with Crippen molar-refractivity contribution in [3.63, 3.8) is 0 Å². The molecule has 0 saturated heterocycles. The molecule has 2 aromatic rings. The standard InChI is InChI=1S/C19H20F3N5O3S/c20-19(21,22)31(29,30)12-7-5-11(6-8-12)25-18-14(17(23)28)10-27(26-18)16-4-2-1-3-13(16)15-9-24-15/h5-8,10,13,16H,1-4,9H2,(H2,23,28)(H,25,26). The maximum Gasteiger partial charge on any atom is 0.501 e. The average molecular weight is 455 g/mol. The Morgan fingerprint density at radius 2 is 1.81 bits per heavy atom. The Morgan fingerprint density at radius 3 is 2.39 bits per heavy atom. The van der Waals surface area contributed by atoms with Gasteiger partial charge in [0.25, 0.3) is 15.7 Å². The lowest BCUT2D eigenvalue weighted by Crippen LogP contribution is -2.27. The lowest BCUT2D eigenvalue weighted by atomic mass is 9.83. The summed E-state index contributed by atoms with van der Waals surface area (Å²) < 4.78 is 62.8. The minimum atomic E-state index is -5.44. The highest BCUT2D eigenvalue weighted by Crippen LogP contribution is 2.38. The Labute approximate surface area is 176 Å². The van der Waals surface area contributed by atoms with Crippen molar-refractivity contribution in [2.24, 2.45) is 16.6 Å². The van der Waals surface area contributed by atoms with Gasteiger partial charge in [0, 0.05) is 23.5 Å². The zero-order chi connectivity index (χ0) is 22.4. The Bertz CT molecular complexity index is 1140. The van der Waals surface area contributed by atoms with Crippen LogP contribution < -0.4 is 11.1 Å². The fraction of sp³-hybridized carbons (Fsp3) is 0.421. The summed E-state index contributed by atoms with van der Waals surface area (Å²) in [6.07, 6.45) is 5.57. The van der Waals surface area contributed by atoms with Crippen LogP contribution in [0.5, 0.6) is 0 Å². The van der Waals surface area contributed by atoms with Gasteiger partial charge >= 0.3 is 5.51 Å². The number of sulfone groups is 1. The van der Waals surface area contributed by atoms with Crippen LogP contribution in [0.15, 0.2) is 40.4 Å². The number of halogens is 3. The molecule has 2 atom stereocenters. The second-order valence-electron chi connectivity index (χ2n) is 7.60. The number of anilines is 2. The molecule has 1 fully saturated rings. The number of benzene rings is 1. The number of nitrogens with zero attached hydrogens (tertiary/aromatic N) is 3. The predicted octanol–water partition coefficient (Wildman–Crippen LogP) is 3.21. The van der Waals surface area contributed by atoms with E-state index in [4.69, 9.17) is 5.73 Å². The number of primary amides is 1. The maximum absolute atomic E-state index is 12.7. The number of carbonyl (C=O) groups is 1. The normalized spacial score (nSPS) is 21.5. The third kappa shape index (κ3) is 4.16. The van der Waals surface area contributed by atoms with Gasteiger partial charge in [-0.25, -0.2) is 8.42 Å². The molecule has 3 N–H and O–H groups in total. The first-order valence-corrected chi connectivity index (χ1v) is 11.2. The van der Waals surface area contributed by atoms with E-state index >= 15 is 0 Å². The molecule has 1 saturated carbocycles. The van der Waals surface area contributed by atoms with Gasteiger partial charge < -0.3 is 11.1 Å². The summed E-state index contributed by atoms with van der Waals surface area (Å²) in [4.78, 5) is 15.4. The second-order valence-corrected chi connectivity index (χ2v) is 9.54. The Kier molecular flexibility index (Phi) is 5.28. The number of hydrogen-bond donors (Lipinski definition) is 2. The fourth-order valence-corrected chi connectivity index (χ4v) is 4.68. The molecule has 1 amide bonds. The van der Waals surface area contributed by atoms with Gasteiger partial charge in [0.2, 0.25) is 0 Å². The number of rotatable bonds is 6. The van der Waals surface area contributed by atoms with Crippen LogP contribution in [0.3, 0.4) is 0 Å².